The fourth-order valence-corrected chi connectivity index (χ4v) is 4.40. The molecule has 6 nitrogen and oxygen atoms in total. The van der Waals surface area contributed by atoms with E-state index in [0.29, 0.717) is 31.8 Å². The molecule has 0 unspecified atom stereocenters. The number of piperidine rings is 1. The number of aromatic nitrogens is 2. The summed E-state index contributed by atoms with van der Waals surface area (Å²) in [6.45, 7) is 2.91. The van der Waals surface area contributed by atoms with Crippen molar-refractivity contribution in [1.82, 2.24) is 14.5 Å². The van der Waals surface area contributed by atoms with Gasteiger partial charge in [0.25, 0.3) is 0 Å². The van der Waals surface area contributed by atoms with E-state index in [-0.39, 0.29) is 11.9 Å². The molecule has 1 aliphatic rings. The first kappa shape index (κ1) is 16.9. The van der Waals surface area contributed by atoms with Crippen LogP contribution < -0.4 is 4.74 Å². The molecule has 1 aromatic carbocycles. The fraction of sp³-hybridized carbons (Fsp3) is 0.412. The van der Waals surface area contributed by atoms with Gasteiger partial charge in [0.2, 0.25) is 15.9 Å². The molecule has 0 saturated carbocycles. The average molecular weight is 347 g/mol. The van der Waals surface area contributed by atoms with Crippen LogP contribution >= 0.6 is 0 Å². The monoisotopic (exact) mass is 347 g/mol. The minimum absolute atomic E-state index is 0.0212. The van der Waals surface area contributed by atoms with Gasteiger partial charge in [0.05, 0.1) is 5.75 Å². The van der Waals surface area contributed by atoms with E-state index in [1.54, 1.807) is 22.6 Å². The number of rotatable bonds is 5. The largest absolute Gasteiger partial charge is 0.473 e. The van der Waals surface area contributed by atoms with Gasteiger partial charge in [-0.1, -0.05) is 29.8 Å². The van der Waals surface area contributed by atoms with Gasteiger partial charge in [0, 0.05) is 25.4 Å². The van der Waals surface area contributed by atoms with E-state index in [1.807, 2.05) is 31.2 Å². The van der Waals surface area contributed by atoms with Gasteiger partial charge in [-0.05, 0) is 31.4 Å². The zero-order valence-corrected chi connectivity index (χ0v) is 14.4. The van der Waals surface area contributed by atoms with Gasteiger partial charge < -0.3 is 4.74 Å². The Labute approximate surface area is 142 Å². The van der Waals surface area contributed by atoms with Crippen molar-refractivity contribution in [3.8, 4) is 5.88 Å². The number of hydrogen-bond acceptors (Lipinski definition) is 5. The van der Waals surface area contributed by atoms with Crippen molar-refractivity contribution in [3.63, 3.8) is 0 Å². The van der Waals surface area contributed by atoms with Crippen molar-refractivity contribution < 1.29 is 13.2 Å². The molecule has 0 N–H and O–H groups in total. The minimum Gasteiger partial charge on any atom is -0.473 e. The molecule has 1 fully saturated rings. The molecular weight excluding hydrogens is 326 g/mol. The summed E-state index contributed by atoms with van der Waals surface area (Å²) in [6.07, 6.45) is 2.88. The lowest BCUT2D eigenvalue weighted by atomic mass is 10.1. The van der Waals surface area contributed by atoms with Gasteiger partial charge in [0.15, 0.2) is 0 Å². The zero-order chi connectivity index (χ0) is 17.0. The molecule has 0 atom stereocenters. The van der Waals surface area contributed by atoms with Crippen molar-refractivity contribution in [2.45, 2.75) is 31.6 Å². The Bertz CT molecular complexity index is 773. The van der Waals surface area contributed by atoms with Crippen molar-refractivity contribution >= 4 is 10.0 Å². The Kier molecular flexibility index (Phi) is 5.11. The van der Waals surface area contributed by atoms with E-state index in [1.165, 1.54) is 0 Å². The van der Waals surface area contributed by atoms with Gasteiger partial charge in [0.1, 0.15) is 6.10 Å². The summed E-state index contributed by atoms with van der Waals surface area (Å²) in [5.41, 5.74) is 1.90. The third-order valence-corrected chi connectivity index (χ3v) is 5.91. The van der Waals surface area contributed by atoms with E-state index < -0.39 is 10.0 Å². The normalized spacial score (nSPS) is 16.9. The van der Waals surface area contributed by atoms with Crippen LogP contribution in [0.4, 0.5) is 0 Å². The van der Waals surface area contributed by atoms with Crippen LogP contribution in [0.5, 0.6) is 5.88 Å². The summed E-state index contributed by atoms with van der Waals surface area (Å²) in [5, 5.41) is 7.68. The first-order chi connectivity index (χ1) is 11.5. The number of ether oxygens (including phenoxy) is 1. The molecule has 0 bridgehead atoms. The van der Waals surface area contributed by atoms with Gasteiger partial charge in [-0.3, -0.25) is 0 Å². The minimum atomic E-state index is -3.30. The first-order valence-electron chi connectivity index (χ1n) is 8.01. The summed E-state index contributed by atoms with van der Waals surface area (Å²) < 4.78 is 32.5. The molecule has 24 heavy (non-hydrogen) atoms. The molecule has 128 valence electrons. The molecule has 1 saturated heterocycles. The lowest BCUT2D eigenvalue weighted by molar-refractivity contribution is 0.128. The summed E-state index contributed by atoms with van der Waals surface area (Å²) in [4.78, 5) is 0. The highest BCUT2D eigenvalue weighted by molar-refractivity contribution is 7.88. The van der Waals surface area contributed by atoms with Crippen LogP contribution in [-0.2, 0) is 15.8 Å². The standard InChI is InChI=1S/C17H21N3O3S/c1-14-4-2-5-15(12-14)13-24(21,22)20-10-7-16(8-11-20)23-17-6-3-9-18-19-17/h2-6,9,12,16H,7-8,10-11,13H2,1H3. The maximum Gasteiger partial charge on any atom is 0.233 e. The first-order valence-corrected chi connectivity index (χ1v) is 9.61. The zero-order valence-electron chi connectivity index (χ0n) is 13.6. The summed E-state index contributed by atoms with van der Waals surface area (Å²) in [6, 6.07) is 11.2. The van der Waals surface area contributed by atoms with Crippen LogP contribution in [0.3, 0.4) is 0 Å². The highest BCUT2D eigenvalue weighted by atomic mass is 32.2. The third kappa shape index (κ3) is 4.30. The molecular formula is C17H21N3O3S. The molecule has 0 amide bonds. The van der Waals surface area contributed by atoms with E-state index >= 15 is 0 Å². The van der Waals surface area contributed by atoms with Gasteiger partial charge in [-0.15, -0.1) is 5.10 Å². The summed E-state index contributed by atoms with van der Waals surface area (Å²) >= 11 is 0. The highest BCUT2D eigenvalue weighted by Gasteiger charge is 2.29. The molecule has 0 aliphatic carbocycles. The van der Waals surface area contributed by atoms with Crippen molar-refractivity contribution in [3.05, 3.63) is 53.7 Å². The lowest BCUT2D eigenvalue weighted by Crippen LogP contribution is -2.42. The van der Waals surface area contributed by atoms with Crippen molar-refractivity contribution in [2.75, 3.05) is 13.1 Å². The van der Waals surface area contributed by atoms with Gasteiger partial charge in [-0.2, -0.15) is 5.10 Å². The predicted molar refractivity (Wildman–Crippen MR) is 91.1 cm³/mol. The van der Waals surface area contributed by atoms with Crippen molar-refractivity contribution in [2.24, 2.45) is 0 Å². The smallest absolute Gasteiger partial charge is 0.233 e. The Morgan fingerprint density at radius 2 is 2.00 bits per heavy atom. The van der Waals surface area contributed by atoms with E-state index in [9.17, 15) is 8.42 Å². The number of hydrogen-bond donors (Lipinski definition) is 0. The van der Waals surface area contributed by atoms with E-state index in [4.69, 9.17) is 4.74 Å². The van der Waals surface area contributed by atoms with Crippen LogP contribution in [0, 0.1) is 6.92 Å². The van der Waals surface area contributed by atoms with Crippen molar-refractivity contribution in [1.29, 1.82) is 0 Å². The van der Waals surface area contributed by atoms with E-state index in [0.717, 1.165) is 11.1 Å². The Morgan fingerprint density at radius 1 is 1.21 bits per heavy atom. The molecule has 1 aromatic heterocycles. The second-order valence-electron chi connectivity index (χ2n) is 6.02. The fourth-order valence-electron chi connectivity index (χ4n) is 2.85. The molecule has 1 aliphatic heterocycles. The van der Waals surface area contributed by atoms with Gasteiger partial charge >= 0.3 is 0 Å². The number of sulfonamides is 1. The van der Waals surface area contributed by atoms with Crippen LogP contribution in [-0.4, -0.2) is 42.1 Å². The van der Waals surface area contributed by atoms with Crippen LogP contribution in [0.25, 0.3) is 0 Å². The molecule has 2 heterocycles. The maximum absolute atomic E-state index is 12.6. The Morgan fingerprint density at radius 3 is 2.67 bits per heavy atom. The number of nitrogens with zero attached hydrogens (tertiary/aromatic N) is 3. The van der Waals surface area contributed by atoms with Crippen LogP contribution in [0.2, 0.25) is 0 Å². The SMILES string of the molecule is Cc1cccc(CS(=O)(=O)N2CCC(Oc3cccnn3)CC2)c1. The predicted octanol–water partition coefficient (Wildman–Crippen LogP) is 2.16. The molecule has 0 spiro atoms. The Hall–Kier alpha value is -1.99. The maximum atomic E-state index is 12.6. The Balaban J connectivity index is 1.57. The number of aryl methyl sites for hydroxylation is 1. The van der Waals surface area contributed by atoms with Gasteiger partial charge in [-0.25, -0.2) is 12.7 Å². The van der Waals surface area contributed by atoms with E-state index in [2.05, 4.69) is 10.2 Å². The lowest BCUT2D eigenvalue weighted by Gasteiger charge is -2.31. The van der Waals surface area contributed by atoms with Crippen LogP contribution in [0.1, 0.15) is 24.0 Å². The molecule has 2 aromatic rings. The second-order valence-corrected chi connectivity index (χ2v) is 7.99. The second kappa shape index (κ2) is 7.27. The highest BCUT2D eigenvalue weighted by Crippen LogP contribution is 2.21. The number of benzene rings is 1. The molecule has 3 rings (SSSR count). The quantitative estimate of drug-likeness (QED) is 0.829. The molecule has 7 heteroatoms. The summed E-state index contributed by atoms with van der Waals surface area (Å²) in [5.74, 6) is 0.531. The topological polar surface area (TPSA) is 72.4 Å². The average Bonchev–Trinajstić information content (AvgIpc) is 2.56. The summed E-state index contributed by atoms with van der Waals surface area (Å²) in [7, 11) is -3.30. The third-order valence-electron chi connectivity index (χ3n) is 4.06. The van der Waals surface area contributed by atoms with Crippen LogP contribution in [0.15, 0.2) is 42.6 Å². The molecule has 0 radical (unpaired) electrons.